The Balaban J connectivity index is 4.48. The van der Waals surface area contributed by atoms with E-state index >= 15 is 0 Å². The molecule has 0 aromatic heterocycles. The van der Waals surface area contributed by atoms with E-state index in [4.69, 9.17) is 9.84 Å². The predicted octanol–water partition coefficient (Wildman–Crippen LogP) is 2.11. The molecule has 0 aliphatic carbocycles. The smallest absolute Gasteiger partial charge is 0.309 e. The van der Waals surface area contributed by atoms with Crippen molar-refractivity contribution in [2.45, 2.75) is 52.6 Å². The maximum atomic E-state index is 12.1. The number of nitrogens with zero attached hydrogens (tertiary/aromatic N) is 1. The van der Waals surface area contributed by atoms with Gasteiger partial charge in [-0.2, -0.15) is 0 Å². The molecular weight excluding hydrogens is 298 g/mol. The zero-order valence-corrected chi connectivity index (χ0v) is 15.3. The summed E-state index contributed by atoms with van der Waals surface area (Å²) in [5, 5.41) is 8.95. The van der Waals surface area contributed by atoms with Gasteiger partial charge in [-0.15, -0.1) is 0 Å². The maximum Gasteiger partial charge on any atom is 0.309 e. The monoisotopic (exact) mass is 330 g/mol. The first kappa shape index (κ1) is 21.6. The number of ether oxygens (including phenoxy) is 1. The van der Waals surface area contributed by atoms with Gasteiger partial charge in [0.25, 0.3) is 0 Å². The van der Waals surface area contributed by atoms with Crippen molar-refractivity contribution in [1.82, 2.24) is 0 Å². The average molecular weight is 330 g/mol. The van der Waals surface area contributed by atoms with E-state index in [1.807, 2.05) is 35.0 Å². The van der Waals surface area contributed by atoms with E-state index in [1.165, 1.54) is 0 Å². The number of rotatable bonds is 11. The largest absolute Gasteiger partial charge is 0.481 e. The third-order valence-corrected chi connectivity index (χ3v) is 3.33. The first-order chi connectivity index (χ1) is 10.4. The Bertz CT molecular complexity index is 412. The molecule has 2 unspecified atom stereocenters. The van der Waals surface area contributed by atoms with Gasteiger partial charge in [0.05, 0.1) is 33.5 Å². The summed E-state index contributed by atoms with van der Waals surface area (Å²) in [6.07, 6.45) is 0.446. The van der Waals surface area contributed by atoms with E-state index in [0.29, 0.717) is 36.2 Å². The molecule has 1 N–H and O–H groups in total. The van der Waals surface area contributed by atoms with Gasteiger partial charge < -0.3 is 14.3 Å². The van der Waals surface area contributed by atoms with Crippen molar-refractivity contribution in [3.63, 3.8) is 0 Å². The van der Waals surface area contributed by atoms with Gasteiger partial charge in [-0.25, -0.2) is 0 Å². The second kappa shape index (κ2) is 9.65. The van der Waals surface area contributed by atoms with E-state index in [2.05, 4.69) is 0 Å². The molecule has 0 saturated heterocycles. The molecule has 6 nitrogen and oxygen atoms in total. The van der Waals surface area contributed by atoms with Crippen LogP contribution in [0.4, 0.5) is 0 Å². The molecule has 0 saturated carbocycles. The summed E-state index contributed by atoms with van der Waals surface area (Å²) in [4.78, 5) is 34.7. The van der Waals surface area contributed by atoms with Gasteiger partial charge in [0, 0.05) is 12.8 Å². The molecule has 0 aliphatic rings. The van der Waals surface area contributed by atoms with Crippen molar-refractivity contribution >= 4 is 17.7 Å². The van der Waals surface area contributed by atoms with Crippen LogP contribution in [0, 0.1) is 11.8 Å². The Morgan fingerprint density at radius 3 is 2.04 bits per heavy atom. The van der Waals surface area contributed by atoms with Gasteiger partial charge in [0.15, 0.2) is 6.10 Å². The highest BCUT2D eigenvalue weighted by atomic mass is 16.5. The number of carbonyl (C=O) groups excluding carboxylic acids is 2. The molecule has 0 aromatic carbocycles. The number of hydrogen-bond acceptors (Lipinski definition) is 4. The lowest BCUT2D eigenvalue weighted by Crippen LogP contribution is -2.44. The molecule has 0 aliphatic heterocycles. The van der Waals surface area contributed by atoms with E-state index in [-0.39, 0.29) is 12.2 Å². The van der Waals surface area contributed by atoms with Crippen LogP contribution in [-0.4, -0.2) is 61.1 Å². The van der Waals surface area contributed by atoms with Crippen molar-refractivity contribution in [3.05, 3.63) is 0 Å². The summed E-state index contributed by atoms with van der Waals surface area (Å²) in [6, 6.07) is 0. The van der Waals surface area contributed by atoms with Crippen LogP contribution < -0.4 is 0 Å². The lowest BCUT2D eigenvalue weighted by atomic mass is 9.99. The minimum Gasteiger partial charge on any atom is -0.481 e. The zero-order chi connectivity index (χ0) is 18.2. The minimum absolute atomic E-state index is 0.146. The first-order valence-electron chi connectivity index (χ1n) is 8.15. The van der Waals surface area contributed by atoms with Crippen molar-refractivity contribution in [3.8, 4) is 0 Å². The van der Waals surface area contributed by atoms with E-state index in [1.54, 1.807) is 6.92 Å². The molecule has 2 atom stereocenters. The van der Waals surface area contributed by atoms with Gasteiger partial charge in [0.1, 0.15) is 12.3 Å². The fourth-order valence-corrected chi connectivity index (χ4v) is 2.28. The molecule has 0 aromatic rings. The molecule has 6 heteroatoms. The van der Waals surface area contributed by atoms with Crippen molar-refractivity contribution in [2.24, 2.45) is 11.8 Å². The summed E-state index contributed by atoms with van der Waals surface area (Å²) >= 11 is 0. The number of ketones is 1. The number of likely N-dealkylation sites (N-methyl/N-ethyl adjacent to an activating group) is 1. The second-order valence-electron chi connectivity index (χ2n) is 7.71. The summed E-state index contributed by atoms with van der Waals surface area (Å²) in [6.45, 7) is 6.11. The standard InChI is InChI=1S/C17H31NO5/c1-12(2)9-14(19)8-7-13(3)17(22)23-15(10-16(20)21)11-18(4,5)6/h12-13,15H,7-11H2,1-6H3/p+1. The van der Waals surface area contributed by atoms with Crippen LogP contribution in [0.1, 0.15) is 46.5 Å². The van der Waals surface area contributed by atoms with E-state index in [0.717, 1.165) is 0 Å². The third-order valence-electron chi connectivity index (χ3n) is 3.33. The molecule has 0 spiro atoms. The van der Waals surface area contributed by atoms with Crippen LogP contribution in [0.2, 0.25) is 0 Å². The van der Waals surface area contributed by atoms with E-state index < -0.39 is 24.0 Å². The topological polar surface area (TPSA) is 80.7 Å². The summed E-state index contributed by atoms with van der Waals surface area (Å²) < 4.78 is 5.87. The summed E-state index contributed by atoms with van der Waals surface area (Å²) in [7, 11) is 5.74. The quantitative estimate of drug-likeness (QED) is 0.463. The predicted molar refractivity (Wildman–Crippen MR) is 87.9 cm³/mol. The number of carbonyl (C=O) groups is 3. The molecule has 0 fully saturated rings. The van der Waals surface area contributed by atoms with Crippen LogP contribution >= 0.6 is 0 Å². The highest BCUT2D eigenvalue weighted by Gasteiger charge is 2.27. The Hall–Kier alpha value is -1.43. The van der Waals surface area contributed by atoms with Crippen LogP contribution in [-0.2, 0) is 19.1 Å². The van der Waals surface area contributed by atoms with Gasteiger partial charge in [0.2, 0.25) is 0 Å². The fourth-order valence-electron chi connectivity index (χ4n) is 2.28. The zero-order valence-electron chi connectivity index (χ0n) is 15.3. The molecule has 23 heavy (non-hydrogen) atoms. The van der Waals surface area contributed by atoms with Crippen LogP contribution in [0.3, 0.4) is 0 Å². The number of carboxylic acid groups (broad SMARTS) is 1. The first-order valence-corrected chi connectivity index (χ1v) is 8.15. The Kier molecular flexibility index (Phi) is 9.05. The SMILES string of the molecule is CC(C)CC(=O)CCC(C)C(=O)OC(CC(=O)O)C[N+](C)(C)C. The van der Waals surface area contributed by atoms with Crippen LogP contribution in [0.15, 0.2) is 0 Å². The van der Waals surface area contributed by atoms with Gasteiger partial charge in [-0.1, -0.05) is 20.8 Å². The fraction of sp³-hybridized carbons (Fsp3) is 0.824. The van der Waals surface area contributed by atoms with Crippen LogP contribution in [0.5, 0.6) is 0 Å². The molecular formula is C17H32NO5+. The van der Waals surface area contributed by atoms with E-state index in [9.17, 15) is 14.4 Å². The van der Waals surface area contributed by atoms with Crippen molar-refractivity contribution in [2.75, 3.05) is 27.7 Å². The molecule has 134 valence electrons. The number of Topliss-reactive ketones (excluding diaryl/α,β-unsaturated/α-hetero) is 1. The number of hydrogen-bond donors (Lipinski definition) is 1. The van der Waals surface area contributed by atoms with Crippen molar-refractivity contribution < 1.29 is 28.7 Å². The lowest BCUT2D eigenvalue weighted by molar-refractivity contribution is -0.873. The molecule has 0 amide bonds. The Morgan fingerprint density at radius 1 is 1.04 bits per heavy atom. The normalized spacial score (nSPS) is 14.4. The second-order valence-corrected chi connectivity index (χ2v) is 7.71. The Morgan fingerprint density at radius 2 is 1.61 bits per heavy atom. The number of aliphatic carboxylic acids is 1. The third kappa shape index (κ3) is 11.8. The average Bonchev–Trinajstić information content (AvgIpc) is 2.31. The molecule has 0 radical (unpaired) electrons. The van der Waals surface area contributed by atoms with Crippen LogP contribution in [0.25, 0.3) is 0 Å². The molecule has 0 bridgehead atoms. The lowest BCUT2D eigenvalue weighted by Gasteiger charge is -2.29. The Labute approximate surface area is 139 Å². The van der Waals surface area contributed by atoms with Gasteiger partial charge >= 0.3 is 11.9 Å². The molecule has 0 heterocycles. The highest BCUT2D eigenvalue weighted by molar-refractivity contribution is 5.79. The maximum absolute atomic E-state index is 12.1. The van der Waals surface area contributed by atoms with Gasteiger partial charge in [-0.3, -0.25) is 14.4 Å². The summed E-state index contributed by atoms with van der Waals surface area (Å²) in [5.41, 5.74) is 0. The summed E-state index contributed by atoms with van der Waals surface area (Å²) in [5.74, 6) is -1.37. The molecule has 0 rings (SSSR count). The van der Waals surface area contributed by atoms with Gasteiger partial charge in [-0.05, 0) is 12.3 Å². The minimum atomic E-state index is -0.990. The number of esters is 1. The highest BCUT2D eigenvalue weighted by Crippen LogP contribution is 2.14. The van der Waals surface area contributed by atoms with Crippen molar-refractivity contribution in [1.29, 1.82) is 0 Å². The number of quaternary nitrogens is 1. The number of carboxylic acids is 1.